The van der Waals surface area contributed by atoms with Crippen LogP contribution in [0.25, 0.3) is 33.1 Å². The Morgan fingerprint density at radius 2 is 1.14 bits per heavy atom. The molecule has 0 spiro atoms. The number of alkyl halides is 2. The Bertz CT molecular complexity index is 2520. The molecule has 0 saturated carbocycles. The molecule has 0 aliphatic carbocycles. The molecule has 3 fully saturated rings. The van der Waals surface area contributed by atoms with Crippen LogP contribution in [0.3, 0.4) is 0 Å². The van der Waals surface area contributed by atoms with Gasteiger partial charge in [-0.1, -0.05) is 23.3 Å². The lowest BCUT2D eigenvalue weighted by Crippen LogP contribution is -2.61. The summed E-state index contributed by atoms with van der Waals surface area (Å²) in [5.41, 5.74) is 4.99. The van der Waals surface area contributed by atoms with Crippen molar-refractivity contribution in [1.82, 2.24) is 59.6 Å². The van der Waals surface area contributed by atoms with Crippen LogP contribution in [0.2, 0.25) is 0 Å². The number of carbonyl (C=O) groups is 2. The molecule has 3 aliphatic rings. The number of amides is 2. The molecule has 9 rings (SSSR count). The largest absolute Gasteiger partial charge is 0.444 e. The molecule has 0 atom stereocenters. The van der Waals surface area contributed by atoms with Crippen LogP contribution < -0.4 is 20.4 Å². The van der Waals surface area contributed by atoms with E-state index in [-0.39, 0.29) is 23.6 Å². The predicted molar refractivity (Wildman–Crippen MR) is 248 cm³/mol. The molecule has 0 bridgehead atoms. The maximum absolute atomic E-state index is 12.3. The SMILES string of the molecule is CN(C(=O)OC(C)(C)C)C1CNC1.CNC1CN(c2nc3ccc(C)cc3c3ncnn23)C1.Cc1ccc2nc(N3CC(N(C)C(=O)OC(C)(C)C)C3)n3ncnc3c2c1.ClCCl. The number of hydrogen-bond donors (Lipinski definition) is 2. The zero-order valence-electron chi connectivity index (χ0n) is 38.1. The topological polar surface area (TPSA) is 176 Å². The number of aromatic nitrogens is 8. The molecule has 20 heteroatoms. The average Bonchev–Trinajstić information content (AvgIpc) is 3.85. The third-order valence-corrected chi connectivity index (χ3v) is 10.6. The molecule has 3 aliphatic heterocycles. The highest BCUT2D eigenvalue weighted by atomic mass is 35.5. The number of anilines is 2. The van der Waals surface area contributed by atoms with E-state index < -0.39 is 11.2 Å². The molecule has 2 amide bonds. The number of hydrogen-bond acceptors (Lipinski definition) is 14. The van der Waals surface area contributed by atoms with Crippen LogP contribution in [-0.2, 0) is 9.47 Å². The molecule has 340 valence electrons. The molecule has 4 aromatic heterocycles. The number of nitrogens with zero attached hydrogens (tertiary/aromatic N) is 12. The van der Waals surface area contributed by atoms with E-state index in [4.69, 9.17) is 42.6 Å². The highest BCUT2D eigenvalue weighted by Gasteiger charge is 2.37. The number of halogens is 2. The number of likely N-dealkylation sites (N-methyl/N-ethyl adjacent to an activating group) is 3. The standard InChI is InChI=1S/C19H24N6O2.C14H16N6.C9H18N2O2.CH2Cl2/c1-12-6-7-15-14(8-12)16-20-11-21-25(16)17(22-15)24-9-13(10-24)23(5)18(26)27-19(2,3)4;1-9-3-4-12-11(5-9)13-16-8-17-20(13)14(18-12)19-6-10(7-19)15-2;1-9(2,3)13-8(12)11(4)7-5-10-6-7;2-1-3/h6-8,11,13H,9-10H2,1-5H3;3-5,8,10,15H,6-7H2,1-2H3;7,10H,5-6H2,1-4H3;1H2. The van der Waals surface area contributed by atoms with Gasteiger partial charge < -0.3 is 39.7 Å². The lowest BCUT2D eigenvalue weighted by molar-refractivity contribution is 0.0169. The fourth-order valence-corrected chi connectivity index (χ4v) is 6.92. The highest BCUT2D eigenvalue weighted by Crippen LogP contribution is 2.28. The maximum Gasteiger partial charge on any atom is 0.410 e. The number of nitrogens with one attached hydrogen (secondary N) is 2. The van der Waals surface area contributed by atoms with E-state index in [1.165, 1.54) is 5.56 Å². The quantitative estimate of drug-likeness (QED) is 0.196. The van der Waals surface area contributed by atoms with Gasteiger partial charge in [0.2, 0.25) is 11.9 Å². The van der Waals surface area contributed by atoms with Crippen LogP contribution in [0.1, 0.15) is 52.7 Å². The van der Waals surface area contributed by atoms with Crippen LogP contribution >= 0.6 is 23.2 Å². The first-order valence-corrected chi connectivity index (χ1v) is 22.0. The maximum atomic E-state index is 12.3. The predicted octanol–water partition coefficient (Wildman–Crippen LogP) is 5.88. The summed E-state index contributed by atoms with van der Waals surface area (Å²) in [6, 6.07) is 13.3. The van der Waals surface area contributed by atoms with Crippen molar-refractivity contribution in [3.8, 4) is 0 Å². The number of ether oxygens (including phenoxy) is 2. The lowest BCUT2D eigenvalue weighted by Gasteiger charge is -2.44. The summed E-state index contributed by atoms with van der Waals surface area (Å²) in [6.45, 7) is 20.4. The Morgan fingerprint density at radius 1 is 0.730 bits per heavy atom. The Balaban J connectivity index is 0.000000161. The molecule has 63 heavy (non-hydrogen) atoms. The van der Waals surface area contributed by atoms with Crippen molar-refractivity contribution in [3.05, 3.63) is 60.2 Å². The Morgan fingerprint density at radius 3 is 1.52 bits per heavy atom. The summed E-state index contributed by atoms with van der Waals surface area (Å²) in [5, 5.41) is 17.3. The Hall–Kier alpha value is -5.30. The van der Waals surface area contributed by atoms with Crippen LogP contribution in [0, 0.1) is 13.8 Å². The van der Waals surface area contributed by atoms with Gasteiger partial charge in [-0.15, -0.1) is 23.2 Å². The molecule has 2 N–H and O–H groups in total. The Labute approximate surface area is 378 Å². The molecule has 3 saturated heterocycles. The molecule has 18 nitrogen and oxygen atoms in total. The smallest absolute Gasteiger partial charge is 0.410 e. The number of fused-ring (bicyclic) bond motifs is 6. The fraction of sp³-hybridized carbons (Fsp3) is 0.535. The van der Waals surface area contributed by atoms with E-state index in [1.54, 1.807) is 41.1 Å². The second-order valence-electron chi connectivity index (χ2n) is 17.9. The van der Waals surface area contributed by atoms with Crippen molar-refractivity contribution >= 4 is 80.4 Å². The minimum Gasteiger partial charge on any atom is -0.444 e. The van der Waals surface area contributed by atoms with Crippen LogP contribution in [-0.4, -0.2) is 156 Å². The van der Waals surface area contributed by atoms with Crippen LogP contribution in [0.15, 0.2) is 49.1 Å². The van der Waals surface area contributed by atoms with Gasteiger partial charge in [-0.3, -0.25) is 0 Å². The minimum atomic E-state index is -0.500. The fourth-order valence-electron chi connectivity index (χ4n) is 6.92. The number of aryl methyl sites for hydroxylation is 2. The Kier molecular flexibility index (Phi) is 14.7. The molecule has 0 radical (unpaired) electrons. The normalized spacial score (nSPS) is 15.6. The number of benzene rings is 2. The molecule has 0 unspecified atom stereocenters. The molecule has 6 aromatic rings. The first kappa shape index (κ1) is 47.2. The summed E-state index contributed by atoms with van der Waals surface area (Å²) in [5.74, 6) is 1.62. The zero-order valence-corrected chi connectivity index (χ0v) is 39.6. The van der Waals surface area contributed by atoms with E-state index in [0.29, 0.717) is 25.2 Å². The van der Waals surface area contributed by atoms with Crippen molar-refractivity contribution < 1.29 is 19.1 Å². The summed E-state index contributed by atoms with van der Waals surface area (Å²) in [7, 11) is 5.54. The number of rotatable bonds is 5. The van der Waals surface area contributed by atoms with Gasteiger partial charge in [-0.05, 0) is 86.7 Å². The second-order valence-corrected chi connectivity index (χ2v) is 18.7. The van der Waals surface area contributed by atoms with Crippen molar-refractivity contribution in [1.29, 1.82) is 0 Å². The van der Waals surface area contributed by atoms with E-state index in [2.05, 4.69) is 71.8 Å². The average molecular weight is 908 g/mol. The van der Waals surface area contributed by atoms with Gasteiger partial charge in [0.05, 0.1) is 28.5 Å². The van der Waals surface area contributed by atoms with Gasteiger partial charge in [-0.2, -0.15) is 19.2 Å². The molecular formula is C43H60Cl2N14O4. The van der Waals surface area contributed by atoms with Crippen molar-refractivity contribution in [2.45, 2.75) is 84.7 Å². The minimum absolute atomic E-state index is 0.0777. The second kappa shape index (κ2) is 19.6. The van der Waals surface area contributed by atoms with Crippen LogP contribution in [0.4, 0.5) is 21.5 Å². The van der Waals surface area contributed by atoms with E-state index in [9.17, 15) is 9.59 Å². The highest BCUT2D eigenvalue weighted by molar-refractivity contribution is 6.40. The first-order valence-electron chi connectivity index (χ1n) is 20.9. The van der Waals surface area contributed by atoms with Gasteiger partial charge in [0, 0.05) is 70.2 Å². The molecule has 7 heterocycles. The summed E-state index contributed by atoms with van der Waals surface area (Å²) >= 11 is 9.53. The lowest BCUT2D eigenvalue weighted by atomic mass is 10.1. The first-order chi connectivity index (χ1) is 29.8. The van der Waals surface area contributed by atoms with Crippen molar-refractivity contribution in [2.75, 3.05) is 75.6 Å². The van der Waals surface area contributed by atoms with Gasteiger partial charge in [0.25, 0.3) is 0 Å². The van der Waals surface area contributed by atoms with Crippen LogP contribution in [0.5, 0.6) is 0 Å². The van der Waals surface area contributed by atoms with E-state index >= 15 is 0 Å². The molecule has 2 aromatic carbocycles. The van der Waals surface area contributed by atoms with Gasteiger partial charge in [0.15, 0.2) is 11.3 Å². The van der Waals surface area contributed by atoms with Crippen molar-refractivity contribution in [3.63, 3.8) is 0 Å². The monoisotopic (exact) mass is 906 g/mol. The number of carbonyl (C=O) groups excluding carboxylic acids is 2. The van der Waals surface area contributed by atoms with Gasteiger partial charge in [-0.25, -0.2) is 29.5 Å². The summed E-state index contributed by atoms with van der Waals surface area (Å²) < 4.78 is 14.3. The van der Waals surface area contributed by atoms with Crippen molar-refractivity contribution in [2.24, 2.45) is 0 Å². The van der Waals surface area contributed by atoms with Gasteiger partial charge >= 0.3 is 12.2 Å². The van der Waals surface area contributed by atoms with E-state index in [0.717, 1.165) is 76.7 Å². The zero-order chi connectivity index (χ0) is 45.8. The summed E-state index contributed by atoms with van der Waals surface area (Å²) in [6.07, 6.45) is 2.60. The third-order valence-electron chi connectivity index (χ3n) is 10.6. The van der Waals surface area contributed by atoms with E-state index in [1.807, 2.05) is 72.2 Å². The van der Waals surface area contributed by atoms with Gasteiger partial charge in [0.1, 0.15) is 23.9 Å². The third kappa shape index (κ3) is 11.3. The summed E-state index contributed by atoms with van der Waals surface area (Å²) in [4.78, 5) is 49.7. The molecular weight excluding hydrogens is 847 g/mol.